The first-order valence-corrected chi connectivity index (χ1v) is 13.1. The fourth-order valence-electron chi connectivity index (χ4n) is 4.16. The molecule has 0 saturated carbocycles. The van der Waals surface area contributed by atoms with Crippen LogP contribution in [0.25, 0.3) is 16.6 Å². The molecule has 1 N–H and O–H groups in total. The molecule has 3 aromatic carbocycles. The molecular weight excluding hydrogens is 458 g/mol. The van der Waals surface area contributed by atoms with Gasteiger partial charge in [0.15, 0.2) is 5.65 Å². The molecule has 35 heavy (non-hydrogen) atoms. The number of benzene rings is 3. The first-order chi connectivity index (χ1) is 16.8. The Labute approximate surface area is 204 Å². The third-order valence-corrected chi connectivity index (χ3v) is 8.00. The summed E-state index contributed by atoms with van der Waals surface area (Å²) in [5.41, 5.74) is 4.15. The Hall–Kier alpha value is -3.78. The van der Waals surface area contributed by atoms with E-state index in [1.165, 1.54) is 10.1 Å². The first kappa shape index (κ1) is 23.0. The molecule has 0 aliphatic carbocycles. The third-order valence-electron chi connectivity index (χ3n) is 6.36. The number of rotatable bonds is 7. The number of anilines is 1. The fourth-order valence-corrected chi connectivity index (χ4v) is 5.47. The lowest BCUT2D eigenvalue weighted by Gasteiger charge is -2.16. The summed E-state index contributed by atoms with van der Waals surface area (Å²) in [6, 6.07) is 23.2. The number of hydrogen-bond acceptors (Lipinski definition) is 6. The van der Waals surface area contributed by atoms with E-state index in [-0.39, 0.29) is 21.6 Å². The number of hydrogen-bond donors (Lipinski definition) is 1. The van der Waals surface area contributed by atoms with Gasteiger partial charge in [-0.3, -0.25) is 0 Å². The van der Waals surface area contributed by atoms with Crippen molar-refractivity contribution in [1.82, 2.24) is 19.8 Å². The minimum atomic E-state index is -3.91. The monoisotopic (exact) mass is 485 g/mol. The van der Waals surface area contributed by atoms with Crippen LogP contribution in [-0.4, -0.2) is 34.3 Å². The van der Waals surface area contributed by atoms with Gasteiger partial charge in [-0.25, -0.2) is 13.4 Å². The van der Waals surface area contributed by atoms with Crippen LogP contribution in [0.2, 0.25) is 0 Å². The lowest BCUT2D eigenvalue weighted by atomic mass is 10.1. The summed E-state index contributed by atoms with van der Waals surface area (Å²) in [6.07, 6.45) is 1.83. The minimum absolute atomic E-state index is 0.115. The highest BCUT2D eigenvalue weighted by atomic mass is 32.2. The summed E-state index contributed by atoms with van der Waals surface area (Å²) in [6.45, 7) is 5.94. The van der Waals surface area contributed by atoms with Gasteiger partial charge in [-0.1, -0.05) is 53.7 Å². The Morgan fingerprint density at radius 2 is 1.69 bits per heavy atom. The van der Waals surface area contributed by atoms with E-state index in [2.05, 4.69) is 34.7 Å². The predicted molar refractivity (Wildman–Crippen MR) is 138 cm³/mol. The summed E-state index contributed by atoms with van der Waals surface area (Å²) < 4.78 is 28.6. The van der Waals surface area contributed by atoms with Gasteiger partial charge in [-0.2, -0.15) is 4.52 Å². The zero-order chi connectivity index (χ0) is 24.6. The van der Waals surface area contributed by atoms with Crippen LogP contribution in [0.4, 0.5) is 5.82 Å². The van der Waals surface area contributed by atoms with Crippen molar-refractivity contribution in [3.63, 3.8) is 0 Å². The van der Waals surface area contributed by atoms with Gasteiger partial charge in [0.05, 0.1) is 10.4 Å². The predicted octanol–water partition coefficient (Wildman–Crippen LogP) is 5.16. The first-order valence-electron chi connectivity index (χ1n) is 11.6. The molecule has 5 rings (SSSR count). The smallest absolute Gasteiger partial charge is 0.229 e. The van der Waals surface area contributed by atoms with E-state index in [9.17, 15) is 8.42 Å². The summed E-state index contributed by atoms with van der Waals surface area (Å²) in [7, 11) is -3.91. The Kier molecular flexibility index (Phi) is 5.98. The van der Waals surface area contributed by atoms with Crippen LogP contribution >= 0.6 is 0 Å². The molecule has 2 aromatic heterocycles. The van der Waals surface area contributed by atoms with Crippen molar-refractivity contribution in [3.8, 4) is 0 Å². The number of nitrogens with zero attached hydrogens (tertiary/aromatic N) is 4. The second-order valence-electron chi connectivity index (χ2n) is 8.93. The van der Waals surface area contributed by atoms with Gasteiger partial charge in [0, 0.05) is 11.4 Å². The molecular formula is C27H27N5O2S. The van der Waals surface area contributed by atoms with Crippen molar-refractivity contribution in [3.05, 3.63) is 89.5 Å². The van der Waals surface area contributed by atoms with Crippen molar-refractivity contribution < 1.29 is 8.42 Å². The standard InChI is InChI=1S/C27H27N5O2S/c1-18-13-16-22(17-19(18)2)35(33,34)27-26-29-25(23-11-7-8-12-24(23)32(26)31-30-27)28-20(3)14-15-21-9-5-4-6-10-21/h4-13,16-17,20H,14-15H2,1-3H3,(H,28,29). The van der Waals surface area contributed by atoms with Gasteiger partial charge in [-0.05, 0) is 74.6 Å². The van der Waals surface area contributed by atoms with Gasteiger partial charge < -0.3 is 5.32 Å². The molecule has 0 spiro atoms. The Bertz CT molecular complexity index is 1630. The summed E-state index contributed by atoms with van der Waals surface area (Å²) in [5, 5.41) is 12.5. The van der Waals surface area contributed by atoms with Crippen LogP contribution in [0.3, 0.4) is 0 Å². The number of sulfone groups is 1. The number of aromatic nitrogens is 4. The minimum Gasteiger partial charge on any atom is -0.367 e. The highest BCUT2D eigenvalue weighted by molar-refractivity contribution is 7.91. The molecule has 2 heterocycles. The van der Waals surface area contributed by atoms with E-state index < -0.39 is 9.84 Å². The van der Waals surface area contributed by atoms with Crippen molar-refractivity contribution in [2.24, 2.45) is 0 Å². The van der Waals surface area contributed by atoms with Crippen LogP contribution < -0.4 is 5.32 Å². The van der Waals surface area contributed by atoms with Crippen molar-refractivity contribution in [2.45, 2.75) is 49.6 Å². The fraction of sp³-hybridized carbons (Fsp3) is 0.222. The second-order valence-corrected chi connectivity index (χ2v) is 10.8. The maximum atomic E-state index is 13.5. The molecule has 0 aliphatic rings. The molecule has 1 unspecified atom stereocenters. The van der Waals surface area contributed by atoms with Gasteiger partial charge >= 0.3 is 0 Å². The van der Waals surface area contributed by atoms with Crippen LogP contribution in [0, 0.1) is 13.8 Å². The zero-order valence-electron chi connectivity index (χ0n) is 19.9. The summed E-state index contributed by atoms with van der Waals surface area (Å²) in [5.74, 6) is 0.618. The van der Waals surface area contributed by atoms with E-state index in [0.29, 0.717) is 5.82 Å². The van der Waals surface area contributed by atoms with Crippen LogP contribution in [0.15, 0.2) is 82.7 Å². The quantitative estimate of drug-likeness (QED) is 0.342. The van der Waals surface area contributed by atoms with Gasteiger partial charge in [0.1, 0.15) is 5.82 Å². The molecule has 0 aliphatic heterocycles. The molecule has 5 aromatic rings. The lowest BCUT2D eigenvalue weighted by Crippen LogP contribution is -2.18. The van der Waals surface area contributed by atoms with Crippen molar-refractivity contribution in [1.29, 1.82) is 0 Å². The maximum Gasteiger partial charge on any atom is 0.229 e. The second kappa shape index (κ2) is 9.11. The van der Waals surface area contributed by atoms with E-state index >= 15 is 0 Å². The molecule has 0 radical (unpaired) electrons. The third kappa shape index (κ3) is 4.37. The van der Waals surface area contributed by atoms with Crippen LogP contribution in [0.5, 0.6) is 0 Å². The largest absolute Gasteiger partial charge is 0.367 e. The highest BCUT2D eigenvalue weighted by Gasteiger charge is 2.27. The molecule has 178 valence electrons. The molecule has 8 heteroatoms. The van der Waals surface area contributed by atoms with E-state index in [0.717, 1.165) is 34.9 Å². The number of para-hydroxylation sites is 1. The molecule has 0 amide bonds. The molecule has 0 fully saturated rings. The molecule has 7 nitrogen and oxygen atoms in total. The zero-order valence-corrected chi connectivity index (χ0v) is 20.7. The number of nitrogens with one attached hydrogen (secondary N) is 1. The topological polar surface area (TPSA) is 89.2 Å². The van der Waals surface area contributed by atoms with E-state index in [1.807, 2.05) is 56.3 Å². The molecule has 0 saturated heterocycles. The van der Waals surface area contributed by atoms with Crippen molar-refractivity contribution >= 4 is 32.2 Å². The van der Waals surface area contributed by atoms with E-state index in [4.69, 9.17) is 4.98 Å². The van der Waals surface area contributed by atoms with Gasteiger partial charge in [0.2, 0.25) is 14.9 Å². The van der Waals surface area contributed by atoms with Crippen LogP contribution in [-0.2, 0) is 16.3 Å². The van der Waals surface area contributed by atoms with Crippen molar-refractivity contribution in [2.75, 3.05) is 5.32 Å². The van der Waals surface area contributed by atoms with Gasteiger partial charge in [-0.15, -0.1) is 5.10 Å². The maximum absolute atomic E-state index is 13.5. The summed E-state index contributed by atoms with van der Waals surface area (Å²) in [4.78, 5) is 4.92. The highest BCUT2D eigenvalue weighted by Crippen LogP contribution is 2.29. The number of fused-ring (bicyclic) bond motifs is 3. The number of aryl methyl sites for hydroxylation is 3. The Morgan fingerprint density at radius 3 is 2.46 bits per heavy atom. The average Bonchev–Trinajstić information content (AvgIpc) is 3.30. The SMILES string of the molecule is Cc1ccc(S(=O)(=O)c2nnn3c2nc(NC(C)CCc2ccccc2)c2ccccc23)cc1C. The van der Waals surface area contributed by atoms with E-state index in [1.54, 1.807) is 18.2 Å². The molecule has 0 bridgehead atoms. The Balaban J connectivity index is 1.56. The van der Waals surface area contributed by atoms with Gasteiger partial charge in [0.25, 0.3) is 0 Å². The summed E-state index contributed by atoms with van der Waals surface area (Å²) >= 11 is 0. The molecule has 1 atom stereocenters. The van der Waals surface area contributed by atoms with Crippen LogP contribution in [0.1, 0.15) is 30.0 Å². The average molecular weight is 486 g/mol. The lowest BCUT2D eigenvalue weighted by molar-refractivity contribution is 0.592. The Morgan fingerprint density at radius 1 is 0.943 bits per heavy atom. The normalized spacial score (nSPS) is 12.8.